The molecule has 0 aliphatic heterocycles. The smallest absolute Gasteiger partial charge is 0.227 e. The van der Waals surface area contributed by atoms with Gasteiger partial charge in [-0.3, -0.25) is 0 Å². The Morgan fingerprint density at radius 2 is 2.16 bits per heavy atom. The van der Waals surface area contributed by atoms with Crippen molar-refractivity contribution in [2.24, 2.45) is 0 Å². The first-order valence-corrected chi connectivity index (χ1v) is 7.10. The molecule has 0 aliphatic carbocycles. The van der Waals surface area contributed by atoms with Gasteiger partial charge >= 0.3 is 0 Å². The number of benzene rings is 1. The summed E-state index contributed by atoms with van der Waals surface area (Å²) in [6, 6.07) is 8.70. The summed E-state index contributed by atoms with van der Waals surface area (Å²) in [5.74, 6) is 4.74. The van der Waals surface area contributed by atoms with E-state index in [1.807, 2.05) is 0 Å². The third-order valence-corrected chi connectivity index (χ3v) is 3.94. The van der Waals surface area contributed by atoms with E-state index in [9.17, 15) is 8.42 Å². The van der Waals surface area contributed by atoms with Crippen LogP contribution in [0.5, 0.6) is 0 Å². The molecular weight excluding hydrogens is 264 g/mol. The minimum absolute atomic E-state index is 0.179. The second-order valence-electron chi connectivity index (χ2n) is 3.83. The minimum atomic E-state index is -3.54. The molecule has 1 N–H and O–H groups in total. The van der Waals surface area contributed by atoms with Crippen molar-refractivity contribution in [3.63, 3.8) is 0 Å². The zero-order valence-electron chi connectivity index (χ0n) is 10.5. The molecule has 0 spiro atoms. The lowest BCUT2D eigenvalue weighted by Gasteiger charge is -2.15. The molecule has 0 radical (unpaired) electrons. The first-order valence-electron chi connectivity index (χ1n) is 5.49. The van der Waals surface area contributed by atoms with E-state index < -0.39 is 15.8 Å². The van der Waals surface area contributed by atoms with Gasteiger partial charge in [-0.2, -0.15) is 9.57 Å². The standard InChI is InChI=1S/C13H14N2O3S/c1-15(19(17,18)9-7-14)11-13-5-2-4-12(10-13)6-3-8-16/h2,4-5,10,16H,8-9,11H2,1H3. The van der Waals surface area contributed by atoms with Gasteiger partial charge in [0, 0.05) is 19.2 Å². The van der Waals surface area contributed by atoms with Gasteiger partial charge in [0.1, 0.15) is 6.61 Å². The fourth-order valence-corrected chi connectivity index (χ4v) is 2.17. The van der Waals surface area contributed by atoms with E-state index >= 15 is 0 Å². The van der Waals surface area contributed by atoms with E-state index in [1.54, 1.807) is 30.3 Å². The number of hydrogen-bond acceptors (Lipinski definition) is 4. The van der Waals surface area contributed by atoms with Crippen LogP contribution in [0.15, 0.2) is 24.3 Å². The summed E-state index contributed by atoms with van der Waals surface area (Å²) in [5, 5.41) is 17.1. The molecule has 19 heavy (non-hydrogen) atoms. The van der Waals surface area contributed by atoms with E-state index in [-0.39, 0.29) is 13.2 Å². The summed E-state index contributed by atoms with van der Waals surface area (Å²) in [6.45, 7) is -0.0423. The van der Waals surface area contributed by atoms with Gasteiger partial charge in [-0.1, -0.05) is 24.0 Å². The fraction of sp³-hybridized carbons (Fsp3) is 0.308. The van der Waals surface area contributed by atoms with E-state index in [0.29, 0.717) is 5.56 Å². The van der Waals surface area contributed by atoms with Crippen LogP contribution in [-0.2, 0) is 16.6 Å². The van der Waals surface area contributed by atoms with Gasteiger partial charge < -0.3 is 5.11 Å². The molecule has 1 aromatic rings. The minimum Gasteiger partial charge on any atom is -0.384 e. The van der Waals surface area contributed by atoms with Crippen LogP contribution in [0, 0.1) is 23.2 Å². The lowest BCUT2D eigenvalue weighted by molar-refractivity contribution is 0.350. The van der Waals surface area contributed by atoms with Crippen LogP contribution in [0.3, 0.4) is 0 Å². The molecule has 0 bridgehead atoms. The van der Waals surface area contributed by atoms with Gasteiger partial charge in [0.25, 0.3) is 0 Å². The summed E-state index contributed by atoms with van der Waals surface area (Å²) in [6.07, 6.45) is 0. The third-order valence-electron chi connectivity index (χ3n) is 2.37. The average Bonchev–Trinajstić information content (AvgIpc) is 2.36. The highest BCUT2D eigenvalue weighted by molar-refractivity contribution is 7.89. The summed E-state index contributed by atoms with van der Waals surface area (Å²) in [4.78, 5) is 0. The van der Waals surface area contributed by atoms with Crippen LogP contribution in [0.4, 0.5) is 0 Å². The molecule has 1 aromatic carbocycles. The van der Waals surface area contributed by atoms with E-state index in [0.717, 1.165) is 9.87 Å². The van der Waals surface area contributed by atoms with Crippen molar-refractivity contribution in [2.75, 3.05) is 19.4 Å². The largest absolute Gasteiger partial charge is 0.384 e. The Kier molecular flexibility index (Phi) is 5.53. The molecule has 6 heteroatoms. The topological polar surface area (TPSA) is 81.4 Å². The van der Waals surface area contributed by atoms with Crippen molar-refractivity contribution in [3.8, 4) is 17.9 Å². The molecule has 0 atom stereocenters. The molecule has 0 aliphatic rings. The summed E-state index contributed by atoms with van der Waals surface area (Å²) in [7, 11) is -2.11. The normalized spacial score (nSPS) is 10.6. The summed E-state index contributed by atoms with van der Waals surface area (Å²) < 4.78 is 24.4. The molecular formula is C13H14N2O3S. The van der Waals surface area contributed by atoms with E-state index in [4.69, 9.17) is 10.4 Å². The maximum absolute atomic E-state index is 11.6. The Labute approximate surface area is 113 Å². The van der Waals surface area contributed by atoms with Gasteiger partial charge in [0.2, 0.25) is 10.0 Å². The van der Waals surface area contributed by atoms with Crippen LogP contribution in [0.25, 0.3) is 0 Å². The van der Waals surface area contributed by atoms with Crippen LogP contribution < -0.4 is 0 Å². The zero-order valence-corrected chi connectivity index (χ0v) is 11.3. The number of aliphatic hydroxyl groups excluding tert-OH is 1. The Morgan fingerprint density at radius 1 is 1.42 bits per heavy atom. The van der Waals surface area contributed by atoms with Crippen LogP contribution in [0.2, 0.25) is 0 Å². The number of nitriles is 1. The predicted molar refractivity (Wildman–Crippen MR) is 71.3 cm³/mol. The Hall–Kier alpha value is -1.86. The molecule has 100 valence electrons. The molecule has 0 saturated heterocycles. The number of sulfonamides is 1. The van der Waals surface area contributed by atoms with Crippen molar-refractivity contribution in [1.29, 1.82) is 5.26 Å². The number of rotatable bonds is 4. The maximum Gasteiger partial charge on any atom is 0.227 e. The van der Waals surface area contributed by atoms with Crippen LogP contribution in [0.1, 0.15) is 11.1 Å². The number of nitrogens with zero attached hydrogens (tertiary/aromatic N) is 2. The predicted octanol–water partition coefficient (Wildman–Crippen LogP) is 0.316. The molecule has 0 unspecified atom stereocenters. The second kappa shape index (κ2) is 6.91. The third kappa shape index (κ3) is 4.72. The van der Waals surface area contributed by atoms with E-state index in [2.05, 4.69) is 11.8 Å². The molecule has 1 rings (SSSR count). The van der Waals surface area contributed by atoms with Gasteiger partial charge in [-0.05, 0) is 17.7 Å². The highest BCUT2D eigenvalue weighted by Gasteiger charge is 2.17. The molecule has 0 saturated carbocycles. The van der Waals surface area contributed by atoms with Gasteiger partial charge in [-0.15, -0.1) is 0 Å². The van der Waals surface area contributed by atoms with Crippen LogP contribution >= 0.6 is 0 Å². The zero-order chi connectivity index (χ0) is 14.3. The second-order valence-corrected chi connectivity index (χ2v) is 5.91. The van der Waals surface area contributed by atoms with Gasteiger partial charge in [-0.25, -0.2) is 8.42 Å². The van der Waals surface area contributed by atoms with Crippen molar-refractivity contribution in [2.45, 2.75) is 6.54 Å². The van der Waals surface area contributed by atoms with Crippen molar-refractivity contribution in [3.05, 3.63) is 35.4 Å². The lowest BCUT2D eigenvalue weighted by atomic mass is 10.1. The molecule has 5 nitrogen and oxygen atoms in total. The molecule has 0 fully saturated rings. The fourth-order valence-electron chi connectivity index (χ4n) is 1.44. The van der Waals surface area contributed by atoms with Gasteiger partial charge in [0.05, 0.1) is 6.07 Å². The Morgan fingerprint density at radius 3 is 2.79 bits per heavy atom. The highest BCUT2D eigenvalue weighted by atomic mass is 32.2. The summed E-state index contributed by atoms with van der Waals surface area (Å²) in [5.41, 5.74) is 1.48. The highest BCUT2D eigenvalue weighted by Crippen LogP contribution is 2.09. The first kappa shape index (κ1) is 15.2. The van der Waals surface area contributed by atoms with Gasteiger partial charge in [0.15, 0.2) is 5.75 Å². The molecule has 0 heterocycles. The van der Waals surface area contributed by atoms with Crippen LogP contribution in [-0.4, -0.2) is 37.2 Å². The van der Waals surface area contributed by atoms with Crippen molar-refractivity contribution < 1.29 is 13.5 Å². The first-order chi connectivity index (χ1) is 8.99. The average molecular weight is 278 g/mol. The number of aliphatic hydroxyl groups is 1. The van der Waals surface area contributed by atoms with Crippen molar-refractivity contribution >= 4 is 10.0 Å². The monoisotopic (exact) mass is 278 g/mol. The molecule has 0 aromatic heterocycles. The van der Waals surface area contributed by atoms with Crippen molar-refractivity contribution in [1.82, 2.24) is 4.31 Å². The Balaban J connectivity index is 2.86. The lowest BCUT2D eigenvalue weighted by Crippen LogP contribution is -2.28. The Bertz CT molecular complexity index is 636. The quantitative estimate of drug-likeness (QED) is 0.804. The molecule has 0 amide bonds. The SMILES string of the molecule is CN(Cc1cccc(C#CCO)c1)S(=O)(=O)CC#N. The maximum atomic E-state index is 11.6. The van der Waals surface area contributed by atoms with E-state index in [1.165, 1.54) is 7.05 Å². The number of hydrogen-bond donors (Lipinski definition) is 1. The summed E-state index contributed by atoms with van der Waals surface area (Å²) >= 11 is 0.